The van der Waals surface area contributed by atoms with E-state index in [0.29, 0.717) is 16.7 Å². The highest BCUT2D eigenvalue weighted by Crippen LogP contribution is 2.34. The van der Waals surface area contributed by atoms with Gasteiger partial charge in [-0.3, -0.25) is 4.57 Å². The van der Waals surface area contributed by atoms with Gasteiger partial charge in [0.25, 0.3) is 0 Å². The van der Waals surface area contributed by atoms with E-state index in [1.54, 1.807) is 13.3 Å². The highest BCUT2D eigenvalue weighted by molar-refractivity contribution is 6.30. The van der Waals surface area contributed by atoms with Gasteiger partial charge in [-0.15, -0.1) is 10.2 Å². The third-order valence-electron chi connectivity index (χ3n) is 5.50. The molecule has 0 amide bonds. The second kappa shape index (κ2) is 8.03. The number of fused-ring (bicyclic) bond motifs is 1. The Bertz CT molecular complexity index is 1220. The number of pyridine rings is 1. The minimum atomic E-state index is -0.0280. The SMILES string of the molecule is COc1cc(-c2nnc3n2CCCN3C(C)c2cc(-c3cccc(Cl)c3)on2)ccn1. The van der Waals surface area contributed by atoms with Gasteiger partial charge in [0.1, 0.15) is 5.69 Å². The van der Waals surface area contributed by atoms with E-state index in [9.17, 15) is 0 Å². The van der Waals surface area contributed by atoms with E-state index in [1.165, 1.54) is 0 Å². The molecule has 4 aromatic rings. The van der Waals surface area contributed by atoms with Crippen LogP contribution < -0.4 is 9.64 Å². The fourth-order valence-electron chi connectivity index (χ4n) is 3.88. The molecule has 8 nitrogen and oxygen atoms in total. The molecular formula is C22H21ClN6O2. The molecule has 5 rings (SSSR count). The lowest BCUT2D eigenvalue weighted by Gasteiger charge is -2.32. The maximum absolute atomic E-state index is 6.11. The number of rotatable bonds is 5. The van der Waals surface area contributed by atoms with E-state index in [2.05, 4.69) is 36.7 Å². The molecule has 3 aromatic heterocycles. The van der Waals surface area contributed by atoms with Crippen molar-refractivity contribution in [3.05, 3.63) is 59.4 Å². The van der Waals surface area contributed by atoms with Gasteiger partial charge >= 0.3 is 0 Å². The van der Waals surface area contributed by atoms with Crippen LogP contribution in [0.3, 0.4) is 0 Å². The summed E-state index contributed by atoms with van der Waals surface area (Å²) in [6.45, 7) is 3.80. The Morgan fingerprint density at radius 1 is 1.10 bits per heavy atom. The summed E-state index contributed by atoms with van der Waals surface area (Å²) in [5.41, 5.74) is 2.65. The van der Waals surface area contributed by atoms with Gasteiger partial charge in [0.15, 0.2) is 11.6 Å². The number of halogens is 1. The minimum absolute atomic E-state index is 0.0280. The Kier molecular flexibility index (Phi) is 5.07. The average molecular weight is 437 g/mol. The minimum Gasteiger partial charge on any atom is -0.481 e. The molecule has 0 aliphatic carbocycles. The number of hydrogen-bond acceptors (Lipinski definition) is 7. The number of aromatic nitrogens is 5. The van der Waals surface area contributed by atoms with Crippen LogP contribution in [0.25, 0.3) is 22.7 Å². The molecule has 0 spiro atoms. The fraction of sp³-hybridized carbons (Fsp3) is 0.273. The van der Waals surface area contributed by atoms with Crippen LogP contribution in [0.15, 0.2) is 53.2 Å². The monoisotopic (exact) mass is 436 g/mol. The van der Waals surface area contributed by atoms with E-state index in [-0.39, 0.29) is 6.04 Å². The predicted molar refractivity (Wildman–Crippen MR) is 117 cm³/mol. The standard InChI is InChI=1S/C22H21ClN6O2/c1-14(18-13-19(31-27-18)15-5-3-6-17(23)11-15)28-9-4-10-29-21(25-26-22(28)29)16-7-8-24-20(12-16)30-2/h3,5-8,11-14H,4,9-10H2,1-2H3. The van der Waals surface area contributed by atoms with Gasteiger partial charge in [0.05, 0.1) is 13.2 Å². The number of benzene rings is 1. The molecule has 9 heteroatoms. The van der Waals surface area contributed by atoms with Crippen LogP contribution in [0, 0.1) is 0 Å². The zero-order chi connectivity index (χ0) is 21.4. The van der Waals surface area contributed by atoms with Crippen molar-refractivity contribution in [2.75, 3.05) is 18.6 Å². The third kappa shape index (κ3) is 3.63. The molecule has 1 aliphatic heterocycles. The second-order valence-electron chi connectivity index (χ2n) is 7.41. The summed E-state index contributed by atoms with van der Waals surface area (Å²) >= 11 is 6.11. The van der Waals surface area contributed by atoms with Crippen molar-refractivity contribution in [3.8, 4) is 28.6 Å². The highest BCUT2D eigenvalue weighted by Gasteiger charge is 2.29. The average Bonchev–Trinajstić information content (AvgIpc) is 3.46. The van der Waals surface area contributed by atoms with Gasteiger partial charge in [0.2, 0.25) is 11.8 Å². The van der Waals surface area contributed by atoms with Crippen LogP contribution in [-0.4, -0.2) is 38.6 Å². The van der Waals surface area contributed by atoms with E-state index in [4.69, 9.17) is 20.9 Å². The molecular weight excluding hydrogens is 416 g/mol. The zero-order valence-corrected chi connectivity index (χ0v) is 18.0. The maximum Gasteiger partial charge on any atom is 0.228 e. The summed E-state index contributed by atoms with van der Waals surface area (Å²) in [6, 6.07) is 13.3. The van der Waals surface area contributed by atoms with Crippen LogP contribution >= 0.6 is 11.6 Å². The van der Waals surface area contributed by atoms with Crippen molar-refractivity contribution in [2.24, 2.45) is 0 Å². The Hall–Kier alpha value is -3.39. The molecule has 1 aromatic carbocycles. The molecule has 158 valence electrons. The van der Waals surface area contributed by atoms with Crippen LogP contribution in [-0.2, 0) is 6.54 Å². The number of methoxy groups -OCH3 is 1. The molecule has 1 unspecified atom stereocenters. The van der Waals surface area contributed by atoms with Gasteiger partial charge in [0, 0.05) is 47.6 Å². The lowest BCUT2D eigenvalue weighted by Crippen LogP contribution is -2.35. The van der Waals surface area contributed by atoms with Crippen molar-refractivity contribution < 1.29 is 9.26 Å². The van der Waals surface area contributed by atoms with Crippen molar-refractivity contribution >= 4 is 17.5 Å². The van der Waals surface area contributed by atoms with Gasteiger partial charge < -0.3 is 14.2 Å². The first-order valence-corrected chi connectivity index (χ1v) is 10.4. The largest absolute Gasteiger partial charge is 0.481 e. The summed E-state index contributed by atoms with van der Waals surface area (Å²) < 4.78 is 13.0. The Morgan fingerprint density at radius 2 is 2.00 bits per heavy atom. The van der Waals surface area contributed by atoms with Gasteiger partial charge in [-0.25, -0.2) is 4.98 Å². The zero-order valence-electron chi connectivity index (χ0n) is 17.2. The Balaban J connectivity index is 1.45. The second-order valence-corrected chi connectivity index (χ2v) is 7.85. The summed E-state index contributed by atoms with van der Waals surface area (Å²) in [5.74, 6) is 2.85. The van der Waals surface area contributed by atoms with Crippen LogP contribution in [0.4, 0.5) is 5.95 Å². The number of anilines is 1. The van der Waals surface area contributed by atoms with Crippen LogP contribution in [0.1, 0.15) is 25.1 Å². The number of hydrogen-bond donors (Lipinski definition) is 0. The smallest absolute Gasteiger partial charge is 0.228 e. The normalized spacial score (nSPS) is 14.4. The molecule has 0 saturated heterocycles. The number of ether oxygens (including phenoxy) is 1. The summed E-state index contributed by atoms with van der Waals surface area (Å²) in [5, 5.41) is 13.9. The van der Waals surface area contributed by atoms with E-state index in [0.717, 1.165) is 48.1 Å². The first kappa shape index (κ1) is 19.6. The van der Waals surface area contributed by atoms with Gasteiger partial charge in [-0.1, -0.05) is 28.9 Å². The third-order valence-corrected chi connectivity index (χ3v) is 5.74. The highest BCUT2D eigenvalue weighted by atomic mass is 35.5. The van der Waals surface area contributed by atoms with Crippen LogP contribution in [0.2, 0.25) is 5.02 Å². The molecule has 4 heterocycles. The maximum atomic E-state index is 6.11. The first-order chi connectivity index (χ1) is 15.1. The summed E-state index contributed by atoms with van der Waals surface area (Å²) in [6.07, 6.45) is 2.69. The predicted octanol–water partition coefficient (Wildman–Crippen LogP) is 4.63. The van der Waals surface area contributed by atoms with E-state index in [1.807, 2.05) is 42.5 Å². The van der Waals surface area contributed by atoms with Crippen LogP contribution in [0.5, 0.6) is 5.88 Å². The molecule has 0 bridgehead atoms. The van der Waals surface area contributed by atoms with Crippen molar-refractivity contribution in [3.63, 3.8) is 0 Å². The topological polar surface area (TPSA) is 82.1 Å². The van der Waals surface area contributed by atoms with E-state index >= 15 is 0 Å². The lowest BCUT2D eigenvalue weighted by molar-refractivity contribution is 0.398. The number of nitrogens with zero attached hydrogens (tertiary/aromatic N) is 6. The molecule has 0 saturated carbocycles. The Labute approximate surface area is 184 Å². The van der Waals surface area contributed by atoms with Crippen molar-refractivity contribution in [1.82, 2.24) is 24.9 Å². The molecule has 1 atom stereocenters. The molecule has 1 aliphatic rings. The first-order valence-electron chi connectivity index (χ1n) is 10.1. The Morgan fingerprint density at radius 3 is 2.84 bits per heavy atom. The molecule has 0 radical (unpaired) electrons. The van der Waals surface area contributed by atoms with Crippen molar-refractivity contribution in [1.29, 1.82) is 0 Å². The molecule has 31 heavy (non-hydrogen) atoms. The lowest BCUT2D eigenvalue weighted by atomic mass is 10.1. The summed E-state index contributed by atoms with van der Waals surface area (Å²) in [4.78, 5) is 6.38. The van der Waals surface area contributed by atoms with Crippen molar-refractivity contribution in [2.45, 2.75) is 25.9 Å². The molecule has 0 N–H and O–H groups in total. The molecule has 0 fully saturated rings. The fourth-order valence-corrected chi connectivity index (χ4v) is 4.07. The van der Waals surface area contributed by atoms with Gasteiger partial charge in [-0.2, -0.15) is 0 Å². The summed E-state index contributed by atoms with van der Waals surface area (Å²) in [7, 11) is 1.60. The quantitative estimate of drug-likeness (QED) is 0.451. The van der Waals surface area contributed by atoms with E-state index < -0.39 is 0 Å². The van der Waals surface area contributed by atoms with Gasteiger partial charge in [-0.05, 0) is 31.5 Å².